The van der Waals surface area contributed by atoms with Gasteiger partial charge in [0.2, 0.25) is 0 Å². The molecule has 1 fully saturated rings. The van der Waals surface area contributed by atoms with Crippen molar-refractivity contribution in [1.29, 1.82) is 5.26 Å². The predicted molar refractivity (Wildman–Crippen MR) is 91.4 cm³/mol. The van der Waals surface area contributed by atoms with Crippen molar-refractivity contribution in [2.45, 2.75) is 45.1 Å². The molecule has 0 heterocycles. The van der Waals surface area contributed by atoms with E-state index >= 15 is 0 Å². The van der Waals surface area contributed by atoms with Crippen LogP contribution in [0.25, 0.3) is 0 Å². The van der Waals surface area contributed by atoms with Crippen molar-refractivity contribution >= 4 is 15.9 Å². The first kappa shape index (κ1) is 16.5. The molecule has 0 amide bonds. The standard InChI is InChI=1S/C18H25BrN2/c1-21(13-17-8-6-7-16(11-17)12-20)15-18(14-19)9-4-2-3-5-10-18/h6-8,11H,2-5,9-10,13-15H2,1H3. The van der Waals surface area contributed by atoms with Gasteiger partial charge in [-0.15, -0.1) is 0 Å². The highest BCUT2D eigenvalue weighted by Gasteiger charge is 2.30. The van der Waals surface area contributed by atoms with Crippen LogP contribution in [0.15, 0.2) is 24.3 Å². The second-order valence-electron chi connectivity index (χ2n) is 6.53. The molecule has 21 heavy (non-hydrogen) atoms. The summed E-state index contributed by atoms with van der Waals surface area (Å²) >= 11 is 3.77. The molecule has 0 spiro atoms. The van der Waals surface area contributed by atoms with E-state index in [2.05, 4.69) is 40.0 Å². The molecule has 114 valence electrons. The Morgan fingerprint density at radius 1 is 1.24 bits per heavy atom. The van der Waals surface area contributed by atoms with E-state index in [9.17, 15) is 0 Å². The van der Waals surface area contributed by atoms with Crippen molar-refractivity contribution in [3.8, 4) is 6.07 Å². The van der Waals surface area contributed by atoms with Gasteiger partial charge < -0.3 is 4.90 Å². The van der Waals surface area contributed by atoms with Crippen LogP contribution >= 0.6 is 15.9 Å². The lowest BCUT2D eigenvalue weighted by molar-refractivity contribution is 0.171. The first-order valence-corrected chi connectivity index (χ1v) is 9.03. The maximum atomic E-state index is 9.00. The molecule has 0 N–H and O–H groups in total. The molecule has 0 unspecified atom stereocenters. The zero-order valence-electron chi connectivity index (χ0n) is 12.9. The van der Waals surface area contributed by atoms with Crippen molar-refractivity contribution < 1.29 is 0 Å². The molecule has 0 aromatic heterocycles. The van der Waals surface area contributed by atoms with E-state index in [-0.39, 0.29) is 0 Å². The lowest BCUT2D eigenvalue weighted by Gasteiger charge is -2.35. The van der Waals surface area contributed by atoms with Gasteiger partial charge in [-0.1, -0.05) is 53.7 Å². The van der Waals surface area contributed by atoms with Gasteiger partial charge in [-0.25, -0.2) is 0 Å². The Morgan fingerprint density at radius 3 is 2.57 bits per heavy atom. The summed E-state index contributed by atoms with van der Waals surface area (Å²) in [6, 6.07) is 10.2. The van der Waals surface area contributed by atoms with E-state index in [0.717, 1.165) is 24.0 Å². The fraction of sp³-hybridized carbons (Fsp3) is 0.611. The summed E-state index contributed by atoms with van der Waals surface area (Å²) in [5.74, 6) is 0. The average Bonchev–Trinajstić information content (AvgIpc) is 2.73. The third kappa shape index (κ3) is 4.83. The topological polar surface area (TPSA) is 27.0 Å². The maximum Gasteiger partial charge on any atom is 0.0991 e. The highest BCUT2D eigenvalue weighted by atomic mass is 79.9. The quantitative estimate of drug-likeness (QED) is 0.568. The maximum absolute atomic E-state index is 9.00. The minimum absolute atomic E-state index is 0.429. The highest BCUT2D eigenvalue weighted by Crippen LogP contribution is 2.37. The second kappa shape index (κ2) is 7.96. The molecule has 2 rings (SSSR count). The van der Waals surface area contributed by atoms with Gasteiger partial charge in [0.1, 0.15) is 0 Å². The van der Waals surface area contributed by atoms with Crippen molar-refractivity contribution in [3.05, 3.63) is 35.4 Å². The Morgan fingerprint density at radius 2 is 1.95 bits per heavy atom. The molecule has 0 radical (unpaired) electrons. The van der Waals surface area contributed by atoms with Crippen LogP contribution in [0.2, 0.25) is 0 Å². The number of hydrogen-bond donors (Lipinski definition) is 0. The summed E-state index contributed by atoms with van der Waals surface area (Å²) in [6.45, 7) is 2.05. The molecule has 2 nitrogen and oxygen atoms in total. The predicted octanol–water partition coefficient (Wildman–Crippen LogP) is 4.73. The number of rotatable bonds is 5. The zero-order chi connectivity index (χ0) is 15.1. The van der Waals surface area contributed by atoms with Crippen LogP contribution < -0.4 is 0 Å². The van der Waals surface area contributed by atoms with Gasteiger partial charge in [0.05, 0.1) is 11.6 Å². The van der Waals surface area contributed by atoms with Gasteiger partial charge >= 0.3 is 0 Å². The average molecular weight is 349 g/mol. The van der Waals surface area contributed by atoms with Crippen LogP contribution in [0.4, 0.5) is 0 Å². The summed E-state index contributed by atoms with van der Waals surface area (Å²) in [6.07, 6.45) is 8.18. The fourth-order valence-electron chi connectivity index (χ4n) is 3.49. The fourth-order valence-corrected chi connectivity index (χ4v) is 4.23. The molecule has 1 saturated carbocycles. The smallest absolute Gasteiger partial charge is 0.0991 e. The SMILES string of the molecule is CN(Cc1cccc(C#N)c1)CC1(CBr)CCCCCC1. The Balaban J connectivity index is 1.98. The molecular formula is C18H25BrN2. The van der Waals surface area contributed by atoms with Crippen molar-refractivity contribution in [1.82, 2.24) is 4.90 Å². The van der Waals surface area contributed by atoms with E-state index in [0.29, 0.717) is 5.41 Å². The number of benzene rings is 1. The van der Waals surface area contributed by atoms with E-state index in [1.807, 2.05) is 18.2 Å². The Hall–Kier alpha value is -0.850. The van der Waals surface area contributed by atoms with Gasteiger partial charge in [0.15, 0.2) is 0 Å². The van der Waals surface area contributed by atoms with E-state index in [1.165, 1.54) is 44.1 Å². The second-order valence-corrected chi connectivity index (χ2v) is 7.09. The molecule has 1 aromatic carbocycles. The third-order valence-corrected chi connectivity index (χ3v) is 5.75. The monoisotopic (exact) mass is 348 g/mol. The number of alkyl halides is 1. The summed E-state index contributed by atoms with van der Waals surface area (Å²) in [4.78, 5) is 2.42. The normalized spacial score (nSPS) is 18.2. The third-order valence-electron chi connectivity index (χ3n) is 4.56. The van der Waals surface area contributed by atoms with Crippen molar-refractivity contribution in [3.63, 3.8) is 0 Å². The molecule has 3 heteroatoms. The molecule has 0 atom stereocenters. The molecule has 0 aliphatic heterocycles. The molecule has 1 aliphatic carbocycles. The van der Waals surface area contributed by atoms with Crippen LogP contribution in [0.5, 0.6) is 0 Å². The summed E-state index contributed by atoms with van der Waals surface area (Å²) in [7, 11) is 2.20. The van der Waals surface area contributed by atoms with Crippen molar-refractivity contribution in [2.75, 3.05) is 18.9 Å². The Kier molecular flexibility index (Phi) is 6.26. The Bertz CT molecular complexity index is 484. The summed E-state index contributed by atoms with van der Waals surface area (Å²) in [5, 5.41) is 10.1. The Labute approximate surface area is 137 Å². The van der Waals surface area contributed by atoms with Crippen LogP contribution in [-0.4, -0.2) is 23.8 Å². The first-order valence-electron chi connectivity index (χ1n) is 7.91. The lowest BCUT2D eigenvalue weighted by atomic mass is 9.82. The van der Waals surface area contributed by atoms with Crippen LogP contribution in [0.1, 0.15) is 49.7 Å². The minimum Gasteiger partial charge on any atom is -0.302 e. The van der Waals surface area contributed by atoms with Crippen LogP contribution in [0.3, 0.4) is 0 Å². The number of halogens is 1. The van der Waals surface area contributed by atoms with Gasteiger partial charge in [-0.05, 0) is 43.0 Å². The van der Waals surface area contributed by atoms with E-state index in [4.69, 9.17) is 5.26 Å². The molecule has 1 aromatic rings. The van der Waals surface area contributed by atoms with Gasteiger partial charge in [-0.3, -0.25) is 0 Å². The minimum atomic E-state index is 0.429. The first-order chi connectivity index (χ1) is 10.2. The largest absolute Gasteiger partial charge is 0.302 e. The molecule has 0 saturated heterocycles. The molecule has 0 bridgehead atoms. The van der Waals surface area contributed by atoms with Crippen LogP contribution in [0, 0.1) is 16.7 Å². The van der Waals surface area contributed by atoms with Gasteiger partial charge in [0.25, 0.3) is 0 Å². The summed E-state index contributed by atoms with van der Waals surface area (Å²) in [5.41, 5.74) is 2.42. The number of nitriles is 1. The highest BCUT2D eigenvalue weighted by molar-refractivity contribution is 9.09. The number of nitrogens with zero attached hydrogens (tertiary/aromatic N) is 2. The van der Waals surface area contributed by atoms with Crippen molar-refractivity contribution in [2.24, 2.45) is 5.41 Å². The van der Waals surface area contributed by atoms with Gasteiger partial charge in [-0.2, -0.15) is 5.26 Å². The van der Waals surface area contributed by atoms with E-state index < -0.39 is 0 Å². The molecule has 1 aliphatic rings. The number of hydrogen-bond acceptors (Lipinski definition) is 2. The summed E-state index contributed by atoms with van der Waals surface area (Å²) < 4.78 is 0. The van der Waals surface area contributed by atoms with Gasteiger partial charge in [0, 0.05) is 18.4 Å². The molecular weight excluding hydrogens is 324 g/mol. The van der Waals surface area contributed by atoms with Crippen LogP contribution in [-0.2, 0) is 6.54 Å². The van der Waals surface area contributed by atoms with E-state index in [1.54, 1.807) is 0 Å². The lowest BCUT2D eigenvalue weighted by Crippen LogP contribution is -2.36. The zero-order valence-corrected chi connectivity index (χ0v) is 14.5.